The van der Waals surface area contributed by atoms with E-state index in [9.17, 15) is 0 Å². The Hall–Kier alpha value is -1.08. The Balaban J connectivity index is 3.08. The highest BCUT2D eigenvalue weighted by atomic mass is 16.5. The van der Waals surface area contributed by atoms with Crippen LogP contribution in [0.5, 0.6) is 0 Å². The lowest BCUT2D eigenvalue weighted by atomic mass is 9.94. The third-order valence-corrected chi connectivity index (χ3v) is 2.38. The van der Waals surface area contributed by atoms with Crippen LogP contribution < -0.4 is 0 Å². The Morgan fingerprint density at radius 2 is 1.93 bits per heavy atom. The van der Waals surface area contributed by atoms with Gasteiger partial charge in [-0.1, -0.05) is 50.8 Å². The van der Waals surface area contributed by atoms with Gasteiger partial charge in [0.05, 0.1) is 6.10 Å². The van der Waals surface area contributed by atoms with E-state index < -0.39 is 0 Å². The Labute approximate surface area is 86.4 Å². The lowest BCUT2D eigenvalue weighted by molar-refractivity contribution is 0.0645. The van der Waals surface area contributed by atoms with E-state index in [-0.39, 0.29) is 6.10 Å². The van der Waals surface area contributed by atoms with Crippen LogP contribution in [0.2, 0.25) is 0 Å². The van der Waals surface area contributed by atoms with Crippen LogP contribution >= 0.6 is 0 Å². The predicted octanol–water partition coefficient (Wildman–Crippen LogP) is 3.67. The van der Waals surface area contributed by atoms with Crippen molar-refractivity contribution in [3.8, 4) is 0 Å². The average Bonchev–Trinajstić information content (AvgIpc) is 2.19. The lowest BCUT2D eigenvalue weighted by Crippen LogP contribution is -2.10. The van der Waals surface area contributed by atoms with Crippen molar-refractivity contribution in [3.05, 3.63) is 42.0 Å². The summed E-state index contributed by atoms with van der Waals surface area (Å²) in [4.78, 5) is 0. The molecule has 1 atom stereocenters. The van der Waals surface area contributed by atoms with Crippen LogP contribution in [-0.2, 0) is 4.74 Å². The molecule has 0 aliphatic rings. The van der Waals surface area contributed by atoms with E-state index in [1.54, 1.807) is 7.11 Å². The summed E-state index contributed by atoms with van der Waals surface area (Å²) < 4.78 is 5.49. The maximum Gasteiger partial charge on any atom is 0.0849 e. The highest BCUT2D eigenvalue weighted by molar-refractivity contribution is 5.52. The summed E-state index contributed by atoms with van der Waals surface area (Å²) in [6.45, 7) is 8.13. The van der Waals surface area contributed by atoms with Crippen molar-refractivity contribution in [1.29, 1.82) is 0 Å². The zero-order valence-corrected chi connectivity index (χ0v) is 9.16. The van der Waals surface area contributed by atoms with Crippen molar-refractivity contribution >= 4 is 6.08 Å². The topological polar surface area (TPSA) is 9.23 Å². The Kier molecular flexibility index (Phi) is 3.90. The molecule has 1 nitrogen and oxygen atoms in total. The average molecular weight is 190 g/mol. The van der Waals surface area contributed by atoms with Crippen molar-refractivity contribution in [2.24, 2.45) is 5.92 Å². The molecule has 0 aliphatic carbocycles. The molecule has 0 heterocycles. The molecule has 0 aliphatic heterocycles. The fourth-order valence-corrected chi connectivity index (χ4v) is 1.71. The molecule has 1 aromatic rings. The van der Waals surface area contributed by atoms with Crippen LogP contribution in [0.3, 0.4) is 0 Å². The molecule has 76 valence electrons. The zero-order valence-electron chi connectivity index (χ0n) is 9.16. The molecule has 1 unspecified atom stereocenters. The fraction of sp³-hybridized carbons (Fsp3) is 0.385. The third kappa shape index (κ3) is 2.24. The van der Waals surface area contributed by atoms with Gasteiger partial charge in [0.1, 0.15) is 0 Å². The standard InChI is InChI=1S/C13H18O/c1-5-11-8-6-7-9-12(11)13(14-4)10(2)3/h5-10,13H,1H2,2-4H3. The van der Waals surface area contributed by atoms with Gasteiger partial charge >= 0.3 is 0 Å². The lowest BCUT2D eigenvalue weighted by Gasteiger charge is -2.21. The predicted molar refractivity (Wildman–Crippen MR) is 61.1 cm³/mol. The van der Waals surface area contributed by atoms with Crippen LogP contribution in [0.25, 0.3) is 6.08 Å². The molecule has 0 saturated carbocycles. The molecule has 0 saturated heterocycles. The molecule has 0 bridgehead atoms. The van der Waals surface area contributed by atoms with Crippen LogP contribution in [-0.4, -0.2) is 7.11 Å². The highest BCUT2D eigenvalue weighted by Gasteiger charge is 2.16. The number of hydrogen-bond donors (Lipinski definition) is 0. The fourth-order valence-electron chi connectivity index (χ4n) is 1.71. The van der Waals surface area contributed by atoms with E-state index in [2.05, 4.69) is 32.6 Å². The minimum absolute atomic E-state index is 0.157. The highest BCUT2D eigenvalue weighted by Crippen LogP contribution is 2.28. The number of benzene rings is 1. The second-order valence-electron chi connectivity index (χ2n) is 3.73. The summed E-state index contributed by atoms with van der Waals surface area (Å²) in [6.07, 6.45) is 2.04. The zero-order chi connectivity index (χ0) is 10.6. The van der Waals surface area contributed by atoms with E-state index in [0.717, 1.165) is 5.56 Å². The van der Waals surface area contributed by atoms with Gasteiger partial charge in [-0.3, -0.25) is 0 Å². The van der Waals surface area contributed by atoms with Gasteiger partial charge in [0, 0.05) is 7.11 Å². The molecular weight excluding hydrogens is 172 g/mol. The molecule has 0 radical (unpaired) electrons. The minimum atomic E-state index is 0.157. The molecule has 0 spiro atoms. The van der Waals surface area contributed by atoms with Crippen molar-refractivity contribution in [2.45, 2.75) is 20.0 Å². The minimum Gasteiger partial charge on any atom is -0.376 e. The number of rotatable bonds is 4. The van der Waals surface area contributed by atoms with Crippen molar-refractivity contribution in [3.63, 3.8) is 0 Å². The first-order valence-electron chi connectivity index (χ1n) is 4.94. The number of ether oxygens (including phenoxy) is 1. The van der Waals surface area contributed by atoms with E-state index in [1.807, 2.05) is 18.2 Å². The van der Waals surface area contributed by atoms with Gasteiger partial charge in [0.2, 0.25) is 0 Å². The summed E-state index contributed by atoms with van der Waals surface area (Å²) in [7, 11) is 1.75. The first kappa shape index (κ1) is 11.0. The van der Waals surface area contributed by atoms with E-state index >= 15 is 0 Å². The third-order valence-electron chi connectivity index (χ3n) is 2.38. The summed E-state index contributed by atoms with van der Waals surface area (Å²) >= 11 is 0. The maximum absolute atomic E-state index is 5.49. The SMILES string of the molecule is C=Cc1ccccc1C(OC)C(C)C. The van der Waals surface area contributed by atoms with Gasteiger partial charge < -0.3 is 4.74 Å². The van der Waals surface area contributed by atoms with E-state index in [0.29, 0.717) is 5.92 Å². The Morgan fingerprint density at radius 1 is 1.29 bits per heavy atom. The van der Waals surface area contributed by atoms with Gasteiger partial charge in [-0.15, -0.1) is 0 Å². The van der Waals surface area contributed by atoms with Crippen LogP contribution in [0.4, 0.5) is 0 Å². The number of hydrogen-bond acceptors (Lipinski definition) is 1. The van der Waals surface area contributed by atoms with Gasteiger partial charge in [-0.25, -0.2) is 0 Å². The molecule has 1 aromatic carbocycles. The Morgan fingerprint density at radius 3 is 2.43 bits per heavy atom. The Bertz CT molecular complexity index is 302. The van der Waals surface area contributed by atoms with E-state index in [1.165, 1.54) is 5.56 Å². The molecule has 14 heavy (non-hydrogen) atoms. The molecular formula is C13H18O. The van der Waals surface area contributed by atoms with Crippen LogP contribution in [0, 0.1) is 5.92 Å². The molecule has 0 fully saturated rings. The molecule has 1 rings (SSSR count). The smallest absolute Gasteiger partial charge is 0.0849 e. The quantitative estimate of drug-likeness (QED) is 0.703. The maximum atomic E-state index is 5.49. The first-order valence-corrected chi connectivity index (χ1v) is 4.94. The second-order valence-corrected chi connectivity index (χ2v) is 3.73. The van der Waals surface area contributed by atoms with Crippen LogP contribution in [0.15, 0.2) is 30.8 Å². The summed E-state index contributed by atoms with van der Waals surface area (Å²) in [5, 5.41) is 0. The van der Waals surface area contributed by atoms with Gasteiger partial charge in [-0.2, -0.15) is 0 Å². The van der Waals surface area contributed by atoms with Gasteiger partial charge in [0.15, 0.2) is 0 Å². The van der Waals surface area contributed by atoms with Gasteiger partial charge in [0.25, 0.3) is 0 Å². The monoisotopic (exact) mass is 190 g/mol. The van der Waals surface area contributed by atoms with E-state index in [4.69, 9.17) is 4.74 Å². The summed E-state index contributed by atoms with van der Waals surface area (Å²) in [5.41, 5.74) is 2.38. The first-order chi connectivity index (χ1) is 6.70. The summed E-state index contributed by atoms with van der Waals surface area (Å²) in [6, 6.07) is 8.23. The molecule has 0 N–H and O–H groups in total. The second kappa shape index (κ2) is 4.97. The summed E-state index contributed by atoms with van der Waals surface area (Å²) in [5.74, 6) is 0.473. The van der Waals surface area contributed by atoms with Crippen molar-refractivity contribution in [1.82, 2.24) is 0 Å². The molecule has 1 heteroatoms. The van der Waals surface area contributed by atoms with Crippen molar-refractivity contribution < 1.29 is 4.74 Å². The molecule has 0 aromatic heterocycles. The van der Waals surface area contributed by atoms with Gasteiger partial charge in [-0.05, 0) is 17.0 Å². The van der Waals surface area contributed by atoms with Crippen LogP contribution in [0.1, 0.15) is 31.1 Å². The normalized spacial score (nSPS) is 12.9. The molecule has 0 amide bonds. The number of methoxy groups -OCH3 is 1. The largest absolute Gasteiger partial charge is 0.376 e. The van der Waals surface area contributed by atoms with Crippen molar-refractivity contribution in [2.75, 3.05) is 7.11 Å².